The van der Waals surface area contributed by atoms with Crippen molar-refractivity contribution in [1.29, 1.82) is 0 Å². The van der Waals surface area contributed by atoms with Gasteiger partial charge in [0.1, 0.15) is 11.9 Å². The van der Waals surface area contributed by atoms with Gasteiger partial charge in [0.05, 0.1) is 41.6 Å². The number of benzene rings is 2. The number of amides is 1. The summed E-state index contributed by atoms with van der Waals surface area (Å²) in [6.07, 6.45) is 3.85. The van der Waals surface area contributed by atoms with Gasteiger partial charge < -0.3 is 29.6 Å². The Morgan fingerprint density at radius 3 is 2.40 bits per heavy atom. The monoisotopic (exact) mass is 623 g/mol. The van der Waals surface area contributed by atoms with Crippen LogP contribution in [0.2, 0.25) is 10.0 Å². The lowest BCUT2D eigenvalue weighted by atomic mass is 10.0. The van der Waals surface area contributed by atoms with Crippen LogP contribution in [-0.2, 0) is 16.0 Å². The first-order valence-corrected chi connectivity index (χ1v) is 13.8. The van der Waals surface area contributed by atoms with E-state index in [0.717, 1.165) is 12.8 Å². The van der Waals surface area contributed by atoms with Crippen molar-refractivity contribution in [3.8, 4) is 17.2 Å². The van der Waals surface area contributed by atoms with Gasteiger partial charge in [-0.25, -0.2) is 4.79 Å². The zero-order valence-electron chi connectivity index (χ0n) is 22.8. The number of alkyl halides is 2. The van der Waals surface area contributed by atoms with E-state index in [2.05, 4.69) is 20.4 Å². The molecule has 1 saturated carbocycles. The summed E-state index contributed by atoms with van der Waals surface area (Å²) in [6, 6.07) is 8.78. The van der Waals surface area contributed by atoms with Crippen molar-refractivity contribution >= 4 is 40.8 Å². The fourth-order valence-corrected chi connectivity index (χ4v) is 4.57. The Morgan fingerprint density at radius 1 is 1.05 bits per heavy atom. The molecular weight excluding hydrogens is 595 g/mol. The summed E-state index contributed by atoms with van der Waals surface area (Å²) in [6.45, 7) is -2.67. The summed E-state index contributed by atoms with van der Waals surface area (Å²) >= 11 is 12.7. The third kappa shape index (κ3) is 8.43. The zero-order chi connectivity index (χ0) is 30.2. The number of aromatic nitrogens is 1. The SMILES string of the molecule is CNCC(=O)Nc1cc(C(=O)O[C@@H](Cc2c(Cl)cncc2Cl)c2ccc(OC(F)F)c(OCC3CC3)c2)ccc1OC. The molecule has 42 heavy (non-hydrogen) atoms. The smallest absolute Gasteiger partial charge is 0.387 e. The molecule has 1 fully saturated rings. The number of esters is 1. The molecule has 1 aliphatic rings. The van der Waals surface area contributed by atoms with Crippen molar-refractivity contribution in [3.05, 3.63) is 75.5 Å². The topological polar surface area (TPSA) is 108 Å². The Labute approximate surface area is 251 Å². The Bertz CT molecular complexity index is 1400. The first-order chi connectivity index (χ1) is 20.2. The molecule has 224 valence electrons. The predicted molar refractivity (Wildman–Crippen MR) is 153 cm³/mol. The lowest BCUT2D eigenvalue weighted by Crippen LogP contribution is -2.25. The van der Waals surface area contributed by atoms with Crippen molar-refractivity contribution in [1.82, 2.24) is 10.3 Å². The molecule has 4 rings (SSSR count). The number of anilines is 1. The van der Waals surface area contributed by atoms with Crippen LogP contribution in [0.4, 0.5) is 14.5 Å². The highest BCUT2D eigenvalue weighted by Gasteiger charge is 2.26. The fourth-order valence-electron chi connectivity index (χ4n) is 4.05. The summed E-state index contributed by atoms with van der Waals surface area (Å²) in [5.41, 5.74) is 1.29. The average Bonchev–Trinajstić information content (AvgIpc) is 3.78. The van der Waals surface area contributed by atoms with E-state index in [4.69, 9.17) is 37.4 Å². The van der Waals surface area contributed by atoms with Gasteiger partial charge in [-0.1, -0.05) is 29.3 Å². The third-order valence-electron chi connectivity index (χ3n) is 6.36. The molecule has 0 aliphatic heterocycles. The first-order valence-electron chi connectivity index (χ1n) is 13.0. The summed E-state index contributed by atoms with van der Waals surface area (Å²) in [4.78, 5) is 29.6. The minimum atomic E-state index is -3.06. The molecule has 0 unspecified atom stereocenters. The maximum absolute atomic E-state index is 13.5. The Hall–Kier alpha value is -3.67. The van der Waals surface area contributed by atoms with E-state index in [0.29, 0.717) is 29.4 Å². The number of hydrogen-bond donors (Lipinski definition) is 2. The van der Waals surface area contributed by atoms with Crippen LogP contribution in [0.1, 0.15) is 40.4 Å². The molecule has 0 saturated heterocycles. The number of nitrogens with zero attached hydrogens (tertiary/aromatic N) is 1. The molecule has 1 atom stereocenters. The second kappa shape index (κ2) is 14.5. The molecule has 3 aromatic rings. The van der Waals surface area contributed by atoms with Gasteiger partial charge in [-0.05, 0) is 67.3 Å². The highest BCUT2D eigenvalue weighted by Crippen LogP contribution is 2.38. The Balaban J connectivity index is 1.68. The quantitative estimate of drug-likeness (QED) is 0.208. The number of hydrogen-bond acceptors (Lipinski definition) is 8. The van der Waals surface area contributed by atoms with Gasteiger partial charge in [-0.3, -0.25) is 9.78 Å². The maximum atomic E-state index is 13.5. The molecule has 1 aliphatic carbocycles. The van der Waals surface area contributed by atoms with Crippen LogP contribution >= 0.6 is 23.2 Å². The number of carbonyl (C=O) groups is 2. The van der Waals surface area contributed by atoms with Crippen LogP contribution in [0.5, 0.6) is 17.2 Å². The van der Waals surface area contributed by atoms with Gasteiger partial charge in [-0.15, -0.1) is 0 Å². The number of likely N-dealkylation sites (N-methyl/N-ethyl adjacent to an activating group) is 1. The predicted octanol–water partition coefficient (Wildman–Crippen LogP) is 6.09. The van der Waals surface area contributed by atoms with E-state index >= 15 is 0 Å². The number of halogens is 4. The van der Waals surface area contributed by atoms with Crippen molar-refractivity contribution in [3.63, 3.8) is 0 Å². The molecule has 1 heterocycles. The number of methoxy groups -OCH3 is 1. The zero-order valence-corrected chi connectivity index (χ0v) is 24.3. The first kappa shape index (κ1) is 31.3. The van der Waals surface area contributed by atoms with Crippen molar-refractivity contribution < 1.29 is 37.3 Å². The van der Waals surface area contributed by atoms with Crippen LogP contribution < -0.4 is 24.8 Å². The van der Waals surface area contributed by atoms with E-state index in [9.17, 15) is 18.4 Å². The summed E-state index contributed by atoms with van der Waals surface area (Å²) < 4.78 is 47.9. The molecule has 0 bridgehead atoms. The molecule has 2 N–H and O–H groups in total. The van der Waals surface area contributed by atoms with E-state index < -0.39 is 18.7 Å². The highest BCUT2D eigenvalue weighted by atomic mass is 35.5. The van der Waals surface area contributed by atoms with Gasteiger partial charge in [-0.2, -0.15) is 8.78 Å². The number of nitrogens with one attached hydrogen (secondary N) is 2. The molecule has 1 aromatic heterocycles. The van der Waals surface area contributed by atoms with Gasteiger partial charge in [0, 0.05) is 18.8 Å². The van der Waals surface area contributed by atoms with Crippen LogP contribution in [0.15, 0.2) is 48.8 Å². The molecule has 2 aromatic carbocycles. The maximum Gasteiger partial charge on any atom is 0.387 e. The number of ether oxygens (including phenoxy) is 4. The molecular formula is C29H29Cl2F2N3O6. The largest absolute Gasteiger partial charge is 0.495 e. The van der Waals surface area contributed by atoms with Crippen molar-refractivity contribution in [2.75, 3.05) is 32.6 Å². The molecule has 0 radical (unpaired) electrons. The average molecular weight is 624 g/mol. The summed E-state index contributed by atoms with van der Waals surface area (Å²) in [7, 11) is 3.06. The normalized spacial score (nSPS) is 13.4. The second-order valence-corrected chi connectivity index (χ2v) is 10.3. The molecule has 0 spiro atoms. The lowest BCUT2D eigenvalue weighted by Gasteiger charge is -2.22. The van der Waals surface area contributed by atoms with E-state index in [1.165, 1.54) is 55.9 Å². The van der Waals surface area contributed by atoms with E-state index in [-0.39, 0.29) is 51.7 Å². The molecule has 9 nitrogen and oxygen atoms in total. The van der Waals surface area contributed by atoms with Crippen LogP contribution in [0, 0.1) is 5.92 Å². The van der Waals surface area contributed by atoms with Crippen molar-refractivity contribution in [2.24, 2.45) is 5.92 Å². The molecule has 1 amide bonds. The third-order valence-corrected chi connectivity index (χ3v) is 7.02. The number of pyridine rings is 1. The number of rotatable bonds is 14. The van der Waals surface area contributed by atoms with Crippen LogP contribution in [0.25, 0.3) is 0 Å². The second-order valence-electron chi connectivity index (χ2n) is 9.51. The number of carbonyl (C=O) groups excluding carboxylic acids is 2. The lowest BCUT2D eigenvalue weighted by molar-refractivity contribution is -0.115. The van der Waals surface area contributed by atoms with Gasteiger partial charge >= 0.3 is 12.6 Å². The van der Waals surface area contributed by atoms with Gasteiger partial charge in [0.2, 0.25) is 5.91 Å². The van der Waals surface area contributed by atoms with Crippen molar-refractivity contribution in [2.45, 2.75) is 32.0 Å². The standard InChI is InChI=1S/C29H29Cl2F2N3O6/c1-34-14-27(37)36-22-9-18(6-7-23(22)39-2)28(38)41-25(11-19-20(30)12-35-13-21(19)31)17-5-8-24(42-29(32)33)26(10-17)40-15-16-3-4-16/h5-10,12-13,16,25,29,34H,3-4,11,14-15H2,1-2H3,(H,36,37)/t25-/m0/s1. The fraction of sp³-hybridized carbons (Fsp3) is 0.345. The minimum absolute atomic E-state index is 0.0327. The van der Waals surface area contributed by atoms with Gasteiger partial charge in [0.15, 0.2) is 11.5 Å². The van der Waals surface area contributed by atoms with E-state index in [1.807, 2.05) is 0 Å². The Morgan fingerprint density at radius 2 is 1.76 bits per heavy atom. The van der Waals surface area contributed by atoms with Gasteiger partial charge in [0.25, 0.3) is 0 Å². The van der Waals surface area contributed by atoms with E-state index in [1.54, 1.807) is 7.05 Å². The molecule has 13 heteroatoms. The summed E-state index contributed by atoms with van der Waals surface area (Å²) in [5.74, 6) is -0.445. The summed E-state index contributed by atoms with van der Waals surface area (Å²) in [5, 5.41) is 5.94. The Kier molecular flexibility index (Phi) is 10.8. The minimum Gasteiger partial charge on any atom is -0.495 e. The van der Waals surface area contributed by atoms with Crippen LogP contribution in [-0.4, -0.2) is 50.8 Å². The highest BCUT2D eigenvalue weighted by molar-refractivity contribution is 6.35. The van der Waals surface area contributed by atoms with Crippen LogP contribution in [0.3, 0.4) is 0 Å².